The normalized spacial score (nSPS) is 24.8. The summed E-state index contributed by atoms with van der Waals surface area (Å²) in [7, 11) is 0. The molecular weight excluding hydrogens is 316 g/mol. The predicted octanol–water partition coefficient (Wildman–Crippen LogP) is 2.94. The lowest BCUT2D eigenvalue weighted by atomic mass is 9.71. The minimum absolute atomic E-state index is 0.127. The smallest absolute Gasteiger partial charge is 0.225 e. The summed E-state index contributed by atoms with van der Waals surface area (Å²) in [6.07, 6.45) is 5.40. The van der Waals surface area contributed by atoms with Crippen LogP contribution in [0.15, 0.2) is 28.7 Å². The van der Waals surface area contributed by atoms with E-state index in [2.05, 4.69) is 38.7 Å². The topological polar surface area (TPSA) is 41.1 Å². The first kappa shape index (κ1) is 14.1. The lowest BCUT2D eigenvalue weighted by Gasteiger charge is -2.44. The summed E-state index contributed by atoms with van der Waals surface area (Å²) in [5.74, 6) is 0.352. The summed E-state index contributed by atoms with van der Waals surface area (Å²) in [5.41, 5.74) is 1.11. The summed E-state index contributed by atoms with van der Waals surface area (Å²) < 4.78 is 1.08. The number of halogens is 1. The third kappa shape index (κ3) is 2.77. The van der Waals surface area contributed by atoms with Gasteiger partial charge in [0.1, 0.15) is 0 Å². The number of hydrogen-bond donors (Lipinski definition) is 2. The molecule has 0 radical (unpaired) electrons. The Hall–Kier alpha value is -0.870. The quantitative estimate of drug-likeness (QED) is 0.890. The Kier molecular flexibility index (Phi) is 4.13. The first-order valence-electron chi connectivity index (χ1n) is 7.48. The molecule has 1 heterocycles. The Morgan fingerprint density at radius 1 is 1.35 bits per heavy atom. The third-order valence-electron chi connectivity index (χ3n) is 4.61. The zero-order valence-electron chi connectivity index (χ0n) is 11.6. The SMILES string of the molecule is O=C(NC1(c2cccc(Br)c2)CCC1)C1CCCNC1. The Bertz CT molecular complexity index is 493. The van der Waals surface area contributed by atoms with E-state index in [0.29, 0.717) is 0 Å². The van der Waals surface area contributed by atoms with Crippen LogP contribution in [0.25, 0.3) is 0 Å². The van der Waals surface area contributed by atoms with Crippen molar-refractivity contribution in [1.29, 1.82) is 0 Å². The highest BCUT2D eigenvalue weighted by Crippen LogP contribution is 2.42. The Balaban J connectivity index is 1.74. The highest BCUT2D eigenvalue weighted by molar-refractivity contribution is 9.10. The van der Waals surface area contributed by atoms with Crippen LogP contribution in [0.4, 0.5) is 0 Å². The summed E-state index contributed by atoms with van der Waals surface area (Å²) >= 11 is 3.53. The Labute approximate surface area is 128 Å². The van der Waals surface area contributed by atoms with Crippen molar-refractivity contribution >= 4 is 21.8 Å². The molecule has 2 aliphatic rings. The zero-order chi connectivity index (χ0) is 14.0. The molecule has 1 atom stereocenters. The molecule has 108 valence electrons. The minimum atomic E-state index is -0.127. The number of carbonyl (C=O) groups is 1. The molecule has 1 saturated carbocycles. The van der Waals surface area contributed by atoms with Crippen LogP contribution < -0.4 is 10.6 Å². The number of hydrogen-bond acceptors (Lipinski definition) is 2. The molecule has 0 spiro atoms. The number of amides is 1. The van der Waals surface area contributed by atoms with E-state index >= 15 is 0 Å². The van der Waals surface area contributed by atoms with Gasteiger partial charge in [0, 0.05) is 11.0 Å². The molecule has 1 aliphatic carbocycles. The van der Waals surface area contributed by atoms with Crippen molar-refractivity contribution in [2.24, 2.45) is 5.92 Å². The molecule has 2 N–H and O–H groups in total. The van der Waals surface area contributed by atoms with Crippen molar-refractivity contribution in [3.63, 3.8) is 0 Å². The second kappa shape index (κ2) is 5.86. The standard InChI is InChI=1S/C16H21BrN2O/c17-14-6-1-5-13(10-14)16(7-3-8-16)19-15(20)12-4-2-9-18-11-12/h1,5-6,10,12,18H,2-4,7-9,11H2,(H,19,20). The number of piperidine rings is 1. The van der Waals surface area contributed by atoms with Gasteiger partial charge in [-0.1, -0.05) is 28.1 Å². The van der Waals surface area contributed by atoms with Gasteiger partial charge in [0.05, 0.1) is 11.5 Å². The van der Waals surface area contributed by atoms with Crippen LogP contribution in [-0.2, 0) is 10.3 Å². The van der Waals surface area contributed by atoms with E-state index < -0.39 is 0 Å². The molecule has 1 aliphatic heterocycles. The van der Waals surface area contributed by atoms with Crippen LogP contribution in [0.1, 0.15) is 37.7 Å². The minimum Gasteiger partial charge on any atom is -0.346 e. The molecule has 1 aromatic carbocycles. The lowest BCUT2D eigenvalue weighted by Crippen LogP contribution is -2.54. The molecule has 4 heteroatoms. The molecule has 0 aromatic heterocycles. The third-order valence-corrected chi connectivity index (χ3v) is 5.11. The van der Waals surface area contributed by atoms with E-state index in [1.165, 1.54) is 12.0 Å². The van der Waals surface area contributed by atoms with Crippen molar-refractivity contribution < 1.29 is 4.79 Å². The van der Waals surface area contributed by atoms with E-state index in [1.54, 1.807) is 0 Å². The van der Waals surface area contributed by atoms with Crippen molar-refractivity contribution in [3.05, 3.63) is 34.3 Å². The Morgan fingerprint density at radius 3 is 2.80 bits per heavy atom. The van der Waals surface area contributed by atoms with E-state index in [4.69, 9.17) is 0 Å². The highest BCUT2D eigenvalue weighted by Gasteiger charge is 2.41. The summed E-state index contributed by atoms with van der Waals surface area (Å²) in [6.45, 7) is 1.86. The van der Waals surface area contributed by atoms with Crippen molar-refractivity contribution in [2.75, 3.05) is 13.1 Å². The lowest BCUT2D eigenvalue weighted by molar-refractivity contribution is -0.128. The van der Waals surface area contributed by atoms with Gasteiger partial charge in [-0.15, -0.1) is 0 Å². The molecule has 3 nitrogen and oxygen atoms in total. The van der Waals surface area contributed by atoms with Crippen LogP contribution in [0, 0.1) is 5.92 Å². The molecule has 20 heavy (non-hydrogen) atoms. The van der Waals surface area contributed by atoms with Crippen LogP contribution in [0.5, 0.6) is 0 Å². The fourth-order valence-corrected chi connectivity index (χ4v) is 3.62. The second-order valence-corrected chi connectivity index (χ2v) is 6.89. The van der Waals surface area contributed by atoms with E-state index in [0.717, 1.165) is 43.2 Å². The predicted molar refractivity (Wildman–Crippen MR) is 83.4 cm³/mol. The van der Waals surface area contributed by atoms with E-state index in [1.807, 2.05) is 12.1 Å². The number of carbonyl (C=O) groups excluding carboxylic acids is 1. The van der Waals surface area contributed by atoms with Crippen LogP contribution in [0.2, 0.25) is 0 Å². The average Bonchev–Trinajstić information content (AvgIpc) is 2.43. The number of nitrogens with one attached hydrogen (secondary N) is 2. The molecule has 1 saturated heterocycles. The first-order chi connectivity index (χ1) is 9.70. The number of benzene rings is 1. The number of rotatable bonds is 3. The fourth-order valence-electron chi connectivity index (χ4n) is 3.22. The molecule has 2 fully saturated rings. The van der Waals surface area contributed by atoms with Gasteiger partial charge in [-0.2, -0.15) is 0 Å². The second-order valence-electron chi connectivity index (χ2n) is 5.98. The molecular formula is C16H21BrN2O. The van der Waals surface area contributed by atoms with E-state index in [9.17, 15) is 4.79 Å². The van der Waals surface area contributed by atoms with Gasteiger partial charge >= 0.3 is 0 Å². The van der Waals surface area contributed by atoms with Gasteiger partial charge in [0.25, 0.3) is 0 Å². The molecule has 1 unspecified atom stereocenters. The molecule has 1 aromatic rings. The largest absolute Gasteiger partial charge is 0.346 e. The van der Waals surface area contributed by atoms with Crippen molar-refractivity contribution in [1.82, 2.24) is 10.6 Å². The van der Waals surface area contributed by atoms with Gasteiger partial charge in [0.2, 0.25) is 5.91 Å². The highest BCUT2D eigenvalue weighted by atomic mass is 79.9. The van der Waals surface area contributed by atoms with Crippen LogP contribution in [-0.4, -0.2) is 19.0 Å². The van der Waals surface area contributed by atoms with Gasteiger partial charge in [-0.25, -0.2) is 0 Å². The van der Waals surface area contributed by atoms with Gasteiger partial charge in [-0.05, 0) is 56.3 Å². The maximum atomic E-state index is 12.5. The van der Waals surface area contributed by atoms with E-state index in [-0.39, 0.29) is 17.4 Å². The summed E-state index contributed by atoms with van der Waals surface area (Å²) in [5, 5.41) is 6.66. The van der Waals surface area contributed by atoms with Crippen molar-refractivity contribution in [2.45, 2.75) is 37.6 Å². The summed E-state index contributed by atoms with van der Waals surface area (Å²) in [6, 6.07) is 8.35. The van der Waals surface area contributed by atoms with Gasteiger partial charge in [0.15, 0.2) is 0 Å². The average molecular weight is 337 g/mol. The maximum Gasteiger partial charge on any atom is 0.225 e. The van der Waals surface area contributed by atoms with Gasteiger partial charge in [-0.3, -0.25) is 4.79 Å². The fraction of sp³-hybridized carbons (Fsp3) is 0.562. The zero-order valence-corrected chi connectivity index (χ0v) is 13.2. The molecule has 1 amide bonds. The van der Waals surface area contributed by atoms with Crippen LogP contribution >= 0.6 is 15.9 Å². The first-order valence-corrected chi connectivity index (χ1v) is 8.28. The van der Waals surface area contributed by atoms with Crippen molar-refractivity contribution in [3.8, 4) is 0 Å². The van der Waals surface area contributed by atoms with Gasteiger partial charge < -0.3 is 10.6 Å². The maximum absolute atomic E-state index is 12.5. The molecule has 0 bridgehead atoms. The molecule has 3 rings (SSSR count). The summed E-state index contributed by atoms with van der Waals surface area (Å²) in [4.78, 5) is 12.5. The Morgan fingerprint density at radius 2 is 2.20 bits per heavy atom. The van der Waals surface area contributed by atoms with Crippen LogP contribution in [0.3, 0.4) is 0 Å². The monoisotopic (exact) mass is 336 g/mol.